The molecule has 0 amide bonds. The first-order chi connectivity index (χ1) is 11.4. The minimum Gasteiger partial charge on any atom is -0.465 e. The number of aromatic amines is 1. The SMILES string of the molecule is COC(=O)c1c(-c2ccccc2Cl)c2c(=O)[nH]c(C)cc2oc1=N. The molecule has 0 atom stereocenters. The topological polar surface area (TPSA) is 96.2 Å². The van der Waals surface area contributed by atoms with Crippen molar-refractivity contribution in [3.8, 4) is 11.1 Å². The largest absolute Gasteiger partial charge is 0.465 e. The first kappa shape index (κ1) is 16.0. The quantitative estimate of drug-likeness (QED) is 0.698. The Morgan fingerprint density at radius 1 is 1.33 bits per heavy atom. The van der Waals surface area contributed by atoms with Gasteiger partial charge in [-0.05, 0) is 13.0 Å². The van der Waals surface area contributed by atoms with Crippen molar-refractivity contribution < 1.29 is 13.9 Å². The Hall–Kier alpha value is -2.86. The number of carbonyl (C=O) groups is 1. The van der Waals surface area contributed by atoms with Crippen molar-refractivity contribution >= 4 is 28.5 Å². The average molecular weight is 345 g/mol. The number of nitrogens with one attached hydrogen (secondary N) is 2. The molecule has 2 aromatic heterocycles. The summed E-state index contributed by atoms with van der Waals surface area (Å²) in [7, 11) is 1.20. The maximum atomic E-state index is 12.5. The van der Waals surface area contributed by atoms with Crippen molar-refractivity contribution in [2.24, 2.45) is 0 Å². The molecule has 0 unspecified atom stereocenters. The van der Waals surface area contributed by atoms with Crippen molar-refractivity contribution in [1.29, 1.82) is 5.41 Å². The lowest BCUT2D eigenvalue weighted by Gasteiger charge is -2.12. The number of benzene rings is 1. The highest BCUT2D eigenvalue weighted by atomic mass is 35.5. The molecule has 0 aliphatic heterocycles. The summed E-state index contributed by atoms with van der Waals surface area (Å²) in [5, 5.41) is 8.55. The Morgan fingerprint density at radius 2 is 2.04 bits per heavy atom. The lowest BCUT2D eigenvalue weighted by Crippen LogP contribution is -2.21. The van der Waals surface area contributed by atoms with E-state index in [1.165, 1.54) is 7.11 Å². The molecule has 3 aromatic rings. The van der Waals surface area contributed by atoms with Crippen molar-refractivity contribution in [2.75, 3.05) is 7.11 Å². The van der Waals surface area contributed by atoms with Gasteiger partial charge in [-0.2, -0.15) is 0 Å². The fourth-order valence-corrected chi connectivity index (χ4v) is 2.84. The Bertz CT molecular complexity index is 1080. The molecule has 0 aliphatic rings. The average Bonchev–Trinajstić information content (AvgIpc) is 2.53. The lowest BCUT2D eigenvalue weighted by molar-refractivity contribution is 0.0596. The molecule has 1 aromatic carbocycles. The van der Waals surface area contributed by atoms with Crippen LogP contribution in [0.15, 0.2) is 39.5 Å². The zero-order chi connectivity index (χ0) is 17.4. The van der Waals surface area contributed by atoms with Crippen LogP contribution in [0.25, 0.3) is 22.1 Å². The van der Waals surface area contributed by atoms with Crippen LogP contribution in [-0.2, 0) is 4.74 Å². The number of aryl methyl sites for hydroxylation is 1. The predicted molar refractivity (Wildman–Crippen MR) is 89.2 cm³/mol. The van der Waals surface area contributed by atoms with Crippen LogP contribution in [0.5, 0.6) is 0 Å². The summed E-state index contributed by atoms with van der Waals surface area (Å²) in [5.41, 5.74) is 0.467. The number of hydrogen-bond donors (Lipinski definition) is 2. The molecule has 6 nitrogen and oxygen atoms in total. The first-order valence-corrected chi connectivity index (χ1v) is 7.40. The van der Waals surface area contributed by atoms with Crippen LogP contribution in [0.2, 0.25) is 5.02 Å². The van der Waals surface area contributed by atoms with Crippen LogP contribution in [-0.4, -0.2) is 18.1 Å². The van der Waals surface area contributed by atoms with E-state index in [1.807, 2.05) is 0 Å². The summed E-state index contributed by atoms with van der Waals surface area (Å²) in [6.07, 6.45) is 0. The van der Waals surface area contributed by atoms with Gasteiger partial charge in [0, 0.05) is 27.9 Å². The van der Waals surface area contributed by atoms with E-state index in [1.54, 1.807) is 37.3 Å². The van der Waals surface area contributed by atoms with Gasteiger partial charge < -0.3 is 14.1 Å². The molecule has 7 heteroatoms. The molecular formula is C17H13ClN2O4. The molecule has 0 radical (unpaired) electrons. The number of H-pyrrole nitrogens is 1. The van der Waals surface area contributed by atoms with Crippen LogP contribution < -0.4 is 11.1 Å². The molecule has 122 valence electrons. The molecule has 2 N–H and O–H groups in total. The second-order valence-electron chi connectivity index (χ2n) is 5.17. The zero-order valence-corrected chi connectivity index (χ0v) is 13.7. The molecule has 24 heavy (non-hydrogen) atoms. The van der Waals surface area contributed by atoms with Gasteiger partial charge in [-0.1, -0.05) is 29.8 Å². The van der Waals surface area contributed by atoms with E-state index in [9.17, 15) is 9.59 Å². The highest BCUT2D eigenvalue weighted by Gasteiger charge is 2.24. The third-order valence-corrected chi connectivity index (χ3v) is 3.93. The van der Waals surface area contributed by atoms with E-state index in [4.69, 9.17) is 26.2 Å². The molecule has 0 spiro atoms. The molecule has 3 rings (SSSR count). The van der Waals surface area contributed by atoms with Crippen molar-refractivity contribution in [3.63, 3.8) is 0 Å². The van der Waals surface area contributed by atoms with Gasteiger partial charge >= 0.3 is 5.97 Å². The van der Waals surface area contributed by atoms with Gasteiger partial charge in [0.05, 0.1) is 12.5 Å². The molecule has 0 saturated carbocycles. The normalized spacial score (nSPS) is 10.8. The highest BCUT2D eigenvalue weighted by molar-refractivity contribution is 6.34. The number of rotatable bonds is 2. The summed E-state index contributed by atoms with van der Waals surface area (Å²) in [5.74, 6) is -0.777. The van der Waals surface area contributed by atoms with Gasteiger partial charge in [0.15, 0.2) is 0 Å². The predicted octanol–water partition coefficient (Wildman–Crippen LogP) is 3.02. The fraction of sp³-hybridized carbons (Fsp3) is 0.118. The van der Waals surface area contributed by atoms with Crippen LogP contribution in [0.1, 0.15) is 16.1 Å². The van der Waals surface area contributed by atoms with Gasteiger partial charge in [-0.25, -0.2) is 4.79 Å². The number of fused-ring (bicyclic) bond motifs is 1. The van der Waals surface area contributed by atoms with Crippen molar-refractivity contribution in [3.05, 3.63) is 62.5 Å². The van der Waals surface area contributed by atoms with Gasteiger partial charge in [-0.3, -0.25) is 10.2 Å². The molecule has 0 saturated heterocycles. The molecule has 0 bridgehead atoms. The Labute approximate surface area is 141 Å². The number of carbonyl (C=O) groups excluding carboxylic acids is 1. The number of aromatic nitrogens is 1. The van der Waals surface area contributed by atoms with Crippen LogP contribution >= 0.6 is 11.6 Å². The maximum absolute atomic E-state index is 12.5. The fourth-order valence-electron chi connectivity index (χ4n) is 2.61. The number of methoxy groups -OCH3 is 1. The number of esters is 1. The van der Waals surface area contributed by atoms with Crippen LogP contribution in [0.3, 0.4) is 0 Å². The molecular weight excluding hydrogens is 332 g/mol. The minimum absolute atomic E-state index is 0.144. The van der Waals surface area contributed by atoms with Crippen LogP contribution in [0.4, 0.5) is 0 Å². The minimum atomic E-state index is -0.777. The van der Waals surface area contributed by atoms with Crippen molar-refractivity contribution in [1.82, 2.24) is 4.98 Å². The standard InChI is InChI=1S/C17H13ClN2O4/c1-8-7-11-13(16(21)20-8)12(9-5-3-4-6-10(9)18)14(15(19)24-11)17(22)23-2/h3-7,19H,1-2H3,(H,20,21). The molecule has 0 aliphatic carbocycles. The van der Waals surface area contributed by atoms with E-state index < -0.39 is 17.1 Å². The van der Waals surface area contributed by atoms with Gasteiger partial charge in [0.1, 0.15) is 11.1 Å². The molecule has 2 heterocycles. The maximum Gasteiger partial charge on any atom is 0.344 e. The van der Waals surface area contributed by atoms with E-state index in [0.717, 1.165) is 0 Å². The number of hydrogen-bond acceptors (Lipinski definition) is 5. The Balaban J connectivity index is 2.61. The Morgan fingerprint density at radius 3 is 2.71 bits per heavy atom. The third-order valence-electron chi connectivity index (χ3n) is 3.60. The smallest absolute Gasteiger partial charge is 0.344 e. The molecule has 0 fully saturated rings. The lowest BCUT2D eigenvalue weighted by atomic mass is 9.97. The number of pyridine rings is 1. The summed E-state index contributed by atoms with van der Waals surface area (Å²) >= 11 is 6.26. The summed E-state index contributed by atoms with van der Waals surface area (Å²) < 4.78 is 10.1. The number of halogens is 1. The Kier molecular flexibility index (Phi) is 3.99. The second-order valence-corrected chi connectivity index (χ2v) is 5.58. The summed E-state index contributed by atoms with van der Waals surface area (Å²) in [4.78, 5) is 27.4. The zero-order valence-electron chi connectivity index (χ0n) is 12.9. The second kappa shape index (κ2) is 5.98. The number of ether oxygens (including phenoxy) is 1. The first-order valence-electron chi connectivity index (χ1n) is 7.02. The van der Waals surface area contributed by atoms with Gasteiger partial charge in [0.25, 0.3) is 5.56 Å². The highest BCUT2D eigenvalue weighted by Crippen LogP contribution is 2.33. The van der Waals surface area contributed by atoms with E-state index in [2.05, 4.69) is 4.98 Å². The van der Waals surface area contributed by atoms with E-state index in [0.29, 0.717) is 16.3 Å². The summed E-state index contributed by atoms with van der Waals surface area (Å²) in [6, 6.07) is 8.36. The van der Waals surface area contributed by atoms with E-state index >= 15 is 0 Å². The van der Waals surface area contributed by atoms with E-state index in [-0.39, 0.29) is 22.1 Å². The third kappa shape index (κ3) is 2.51. The van der Waals surface area contributed by atoms with Crippen molar-refractivity contribution in [2.45, 2.75) is 6.92 Å². The monoisotopic (exact) mass is 344 g/mol. The van der Waals surface area contributed by atoms with Gasteiger partial charge in [-0.15, -0.1) is 0 Å². The summed E-state index contributed by atoms with van der Waals surface area (Å²) in [6.45, 7) is 1.70. The van der Waals surface area contributed by atoms with Crippen LogP contribution in [0, 0.1) is 12.3 Å². The van der Waals surface area contributed by atoms with Gasteiger partial charge in [0.2, 0.25) is 5.55 Å².